The van der Waals surface area contributed by atoms with Crippen LogP contribution in [0.15, 0.2) is 59.6 Å². The number of rotatable bonds is 4. The minimum Gasteiger partial charge on any atom is -0.486 e. The van der Waals surface area contributed by atoms with Crippen LogP contribution in [-0.4, -0.2) is 44.0 Å². The van der Waals surface area contributed by atoms with Crippen molar-refractivity contribution in [3.05, 3.63) is 60.3 Å². The second-order valence-corrected chi connectivity index (χ2v) is 8.64. The molecule has 27 heavy (non-hydrogen) atoms. The number of hydrogen-bond acceptors (Lipinski definition) is 5. The molecule has 0 bridgehead atoms. The molecule has 1 aliphatic rings. The topological polar surface area (TPSA) is 68.7 Å². The molecule has 0 fully saturated rings. The zero-order chi connectivity index (χ0) is 19.0. The summed E-state index contributed by atoms with van der Waals surface area (Å²) in [5.74, 6) is 1.30. The maximum absolute atomic E-state index is 13.1. The number of ether oxygens (including phenoxy) is 2. The first-order chi connectivity index (χ1) is 12.9. The minimum atomic E-state index is -3.72. The smallest absolute Gasteiger partial charge is 0.245 e. The molecule has 0 saturated carbocycles. The number of aryl methyl sites for hydroxylation is 1. The van der Waals surface area contributed by atoms with Gasteiger partial charge >= 0.3 is 0 Å². The molecule has 6 nitrogen and oxygen atoms in total. The van der Waals surface area contributed by atoms with Crippen LogP contribution in [0.2, 0.25) is 0 Å². The second-order valence-electron chi connectivity index (χ2n) is 6.62. The molecule has 0 amide bonds. The molecule has 0 aliphatic carbocycles. The van der Waals surface area contributed by atoms with Crippen molar-refractivity contribution in [2.24, 2.45) is 0 Å². The fourth-order valence-corrected chi connectivity index (χ4v) is 4.52. The molecule has 2 heterocycles. The van der Waals surface area contributed by atoms with Gasteiger partial charge in [-0.05, 0) is 36.8 Å². The fourth-order valence-electron chi connectivity index (χ4n) is 3.16. The molecular weight excluding hydrogens is 364 g/mol. The first-order valence-corrected chi connectivity index (χ1v) is 10.1. The van der Waals surface area contributed by atoms with Crippen LogP contribution in [0.1, 0.15) is 5.56 Å². The van der Waals surface area contributed by atoms with Gasteiger partial charge in [0.05, 0.1) is 12.1 Å². The summed E-state index contributed by atoms with van der Waals surface area (Å²) in [4.78, 5) is 4.54. The molecule has 140 valence electrons. The van der Waals surface area contributed by atoms with E-state index in [-0.39, 0.29) is 17.5 Å². The van der Waals surface area contributed by atoms with Gasteiger partial charge in [0.1, 0.15) is 17.6 Å². The lowest BCUT2D eigenvalue weighted by atomic mass is 10.2. The van der Waals surface area contributed by atoms with Crippen LogP contribution >= 0.6 is 0 Å². The molecule has 0 N–H and O–H groups in total. The van der Waals surface area contributed by atoms with Crippen molar-refractivity contribution in [3.63, 3.8) is 0 Å². The van der Waals surface area contributed by atoms with Crippen molar-refractivity contribution >= 4 is 20.9 Å². The molecule has 0 radical (unpaired) electrons. The van der Waals surface area contributed by atoms with Crippen LogP contribution in [0, 0.1) is 6.92 Å². The molecule has 1 atom stereocenters. The van der Waals surface area contributed by atoms with Crippen LogP contribution in [0.25, 0.3) is 10.9 Å². The normalized spacial score (nSPS) is 16.6. The van der Waals surface area contributed by atoms with E-state index in [1.807, 2.05) is 43.3 Å². The summed E-state index contributed by atoms with van der Waals surface area (Å²) in [5, 5.41) is 0.802. The maximum atomic E-state index is 13.1. The number of para-hydroxylation sites is 3. The van der Waals surface area contributed by atoms with Crippen molar-refractivity contribution in [2.75, 3.05) is 20.2 Å². The number of pyridine rings is 1. The van der Waals surface area contributed by atoms with Crippen molar-refractivity contribution in [2.45, 2.75) is 17.9 Å². The highest BCUT2D eigenvalue weighted by atomic mass is 32.2. The van der Waals surface area contributed by atoms with Crippen molar-refractivity contribution in [1.82, 2.24) is 9.29 Å². The van der Waals surface area contributed by atoms with E-state index in [2.05, 4.69) is 4.98 Å². The summed E-state index contributed by atoms with van der Waals surface area (Å²) in [6, 6.07) is 14.5. The number of likely N-dealkylation sites (N-methyl/N-ethyl adjacent to an activating group) is 1. The van der Waals surface area contributed by atoms with E-state index < -0.39 is 10.0 Å². The lowest BCUT2D eigenvalue weighted by Crippen LogP contribution is -2.41. The lowest BCUT2D eigenvalue weighted by Gasteiger charge is -2.29. The van der Waals surface area contributed by atoms with Gasteiger partial charge in [-0.25, -0.2) is 8.42 Å². The number of sulfonamides is 1. The van der Waals surface area contributed by atoms with Gasteiger partial charge in [-0.15, -0.1) is 0 Å². The van der Waals surface area contributed by atoms with Crippen LogP contribution in [0.3, 0.4) is 0 Å². The fraction of sp³-hybridized carbons (Fsp3) is 0.250. The maximum Gasteiger partial charge on any atom is 0.245 e. The van der Waals surface area contributed by atoms with E-state index in [9.17, 15) is 8.42 Å². The van der Waals surface area contributed by atoms with Gasteiger partial charge in [0, 0.05) is 18.6 Å². The molecule has 1 aliphatic heterocycles. The van der Waals surface area contributed by atoms with E-state index >= 15 is 0 Å². The summed E-state index contributed by atoms with van der Waals surface area (Å²) in [7, 11) is -2.17. The van der Waals surface area contributed by atoms with Crippen molar-refractivity contribution in [3.8, 4) is 11.5 Å². The molecule has 1 aromatic heterocycles. The van der Waals surface area contributed by atoms with Crippen molar-refractivity contribution in [1.29, 1.82) is 0 Å². The Morgan fingerprint density at radius 2 is 1.93 bits per heavy atom. The Hall–Kier alpha value is -2.64. The summed E-state index contributed by atoms with van der Waals surface area (Å²) >= 11 is 0. The SMILES string of the molecule is Cc1cnc2c(S(=O)(=O)N(C)C[C@H]3COc4ccccc4O3)cccc2c1. The first-order valence-electron chi connectivity index (χ1n) is 8.65. The largest absolute Gasteiger partial charge is 0.486 e. The van der Waals surface area contributed by atoms with Gasteiger partial charge in [-0.1, -0.05) is 24.3 Å². The van der Waals surface area contributed by atoms with Gasteiger partial charge in [0.2, 0.25) is 10.0 Å². The molecule has 2 aromatic carbocycles. The van der Waals surface area contributed by atoms with E-state index in [1.165, 1.54) is 4.31 Å². The zero-order valence-electron chi connectivity index (χ0n) is 15.1. The average molecular weight is 384 g/mol. The molecule has 0 saturated heterocycles. The molecule has 3 aromatic rings. The van der Waals surface area contributed by atoms with E-state index in [0.29, 0.717) is 23.6 Å². The van der Waals surface area contributed by atoms with Gasteiger partial charge in [-0.3, -0.25) is 4.98 Å². The van der Waals surface area contributed by atoms with E-state index in [0.717, 1.165) is 10.9 Å². The van der Waals surface area contributed by atoms with Crippen LogP contribution < -0.4 is 9.47 Å². The molecule has 0 unspecified atom stereocenters. The Bertz CT molecular complexity index is 1100. The van der Waals surface area contributed by atoms with E-state index in [1.54, 1.807) is 25.4 Å². The third kappa shape index (κ3) is 3.36. The first kappa shape index (κ1) is 17.8. The average Bonchev–Trinajstić information content (AvgIpc) is 2.67. The highest BCUT2D eigenvalue weighted by Gasteiger charge is 2.29. The second kappa shape index (κ2) is 6.83. The lowest BCUT2D eigenvalue weighted by molar-refractivity contribution is 0.0799. The number of hydrogen-bond donors (Lipinski definition) is 0. The Morgan fingerprint density at radius 3 is 2.74 bits per heavy atom. The van der Waals surface area contributed by atoms with Crippen LogP contribution in [0.4, 0.5) is 0 Å². The number of nitrogens with zero attached hydrogens (tertiary/aromatic N) is 2. The van der Waals surface area contributed by atoms with Gasteiger partial charge in [0.15, 0.2) is 11.5 Å². The predicted octanol–water partition coefficient (Wildman–Crippen LogP) is 3.00. The monoisotopic (exact) mass is 384 g/mol. The number of benzene rings is 2. The molecular formula is C20H20N2O4S. The minimum absolute atomic E-state index is 0.179. The summed E-state index contributed by atoms with van der Waals surface area (Å²) in [6.07, 6.45) is 1.29. The third-order valence-corrected chi connectivity index (χ3v) is 6.38. The van der Waals surface area contributed by atoms with Crippen molar-refractivity contribution < 1.29 is 17.9 Å². The Morgan fingerprint density at radius 1 is 1.15 bits per heavy atom. The van der Waals surface area contributed by atoms with E-state index in [4.69, 9.17) is 9.47 Å². The van der Waals surface area contributed by atoms with Gasteiger partial charge in [0.25, 0.3) is 0 Å². The predicted molar refractivity (Wildman–Crippen MR) is 103 cm³/mol. The van der Waals surface area contributed by atoms with Gasteiger partial charge in [-0.2, -0.15) is 4.31 Å². The summed E-state index contributed by atoms with van der Waals surface area (Å²) in [6.45, 7) is 2.40. The molecule has 0 spiro atoms. The quantitative estimate of drug-likeness (QED) is 0.692. The number of aromatic nitrogens is 1. The Kier molecular flexibility index (Phi) is 4.49. The zero-order valence-corrected chi connectivity index (χ0v) is 15.9. The molecule has 7 heteroatoms. The Labute approximate surface area is 158 Å². The van der Waals surface area contributed by atoms with Crippen LogP contribution in [0.5, 0.6) is 11.5 Å². The third-order valence-electron chi connectivity index (χ3n) is 4.53. The molecule has 4 rings (SSSR count). The highest BCUT2D eigenvalue weighted by Crippen LogP contribution is 2.31. The van der Waals surface area contributed by atoms with Crippen LogP contribution in [-0.2, 0) is 10.0 Å². The van der Waals surface area contributed by atoms with Gasteiger partial charge < -0.3 is 9.47 Å². The Balaban J connectivity index is 1.60. The standard InChI is InChI=1S/C20H20N2O4S/c1-14-10-15-6-5-9-19(20(15)21-11-14)27(23,24)22(2)12-16-13-25-17-7-3-4-8-18(17)26-16/h3-11,16H,12-13H2,1-2H3/t16-/m0/s1. The summed E-state index contributed by atoms with van der Waals surface area (Å²) < 4.78 is 39.1. The number of fused-ring (bicyclic) bond motifs is 2. The summed E-state index contributed by atoms with van der Waals surface area (Å²) in [5.41, 5.74) is 1.46. The highest BCUT2D eigenvalue weighted by molar-refractivity contribution is 7.89.